The van der Waals surface area contributed by atoms with E-state index in [9.17, 15) is 24.3 Å². The van der Waals surface area contributed by atoms with Crippen molar-refractivity contribution in [2.24, 2.45) is 0 Å². The molecule has 0 fully saturated rings. The Kier molecular flexibility index (Phi) is 26.8. The summed E-state index contributed by atoms with van der Waals surface area (Å²) < 4.78 is 0. The molecule has 3 aromatic carbocycles. The number of amides is 4. The maximum atomic E-state index is 13.8. The molecule has 2 atom stereocenters. The molecule has 0 saturated carbocycles. The van der Waals surface area contributed by atoms with Crippen LogP contribution >= 0.6 is 0 Å². The normalized spacial score (nSPS) is 10.8. The Balaban J connectivity index is 0.00000263. The molecule has 0 aliphatic heterocycles. The van der Waals surface area contributed by atoms with Gasteiger partial charge in [0.25, 0.3) is 0 Å². The summed E-state index contributed by atoms with van der Waals surface area (Å²) in [5.74, 6) is -1.87. The van der Waals surface area contributed by atoms with Crippen LogP contribution in [0.1, 0.15) is 59.8 Å². The molecule has 2 heterocycles. The number of hydrogen-bond donors (Lipinski definition) is 5. The predicted octanol–water partition coefficient (Wildman–Crippen LogP) is 5.47. The van der Waals surface area contributed by atoms with Gasteiger partial charge >= 0.3 is 32.1 Å². The Bertz CT molecular complexity index is 2000. The minimum absolute atomic E-state index is 0. The van der Waals surface area contributed by atoms with E-state index in [0.717, 1.165) is 23.4 Å². The molecule has 5 rings (SSSR count). The van der Waals surface area contributed by atoms with E-state index in [0.29, 0.717) is 55.0 Å². The number of urea groups is 1. The Morgan fingerprint density at radius 2 is 1.24 bits per heavy atom. The standard InChI is InChI=1S/C43H47N7O5.3CO.Tc/c1-31-13-5-6-18-37(31)49-43(55)46-34-22-20-32(21-23-34)27-40(51)47-38(42(54)48-39(28-41(52)53)33-14-3-2-4-15-33)19-9-12-26-50(29-35-16-7-10-24-44-35)30-36-17-8-11-25-45-36;3*1-2;/h2-8,10-11,13-18,20-25,38-39H,9,12,19,26-30H2,1H3,(H,47,51)(H,48,54)(H,52,53)(H2,46,49,55);;;;/q;3*-1;+4/t38-,39-;;;;/m0..../s1. The van der Waals surface area contributed by atoms with Gasteiger partial charge in [-0.1, -0.05) is 72.8 Å². The molecule has 320 valence electrons. The van der Waals surface area contributed by atoms with E-state index in [-0.39, 0.29) is 44.9 Å². The van der Waals surface area contributed by atoms with Crippen LogP contribution in [0.3, 0.4) is 0 Å². The average Bonchev–Trinajstić information content (AvgIpc) is 3.29. The van der Waals surface area contributed by atoms with Gasteiger partial charge in [-0.25, -0.2) is 4.79 Å². The van der Waals surface area contributed by atoms with Crippen molar-refractivity contribution in [2.45, 2.75) is 64.2 Å². The third-order valence-corrected chi connectivity index (χ3v) is 8.96. The van der Waals surface area contributed by atoms with Crippen molar-refractivity contribution in [3.63, 3.8) is 0 Å². The number of aromatic nitrogens is 2. The number of nitrogens with one attached hydrogen (secondary N) is 4. The van der Waals surface area contributed by atoms with E-state index in [4.69, 9.17) is 14.4 Å². The molecule has 4 amide bonds. The smallest absolute Gasteiger partial charge is 0.573 e. The van der Waals surface area contributed by atoms with Crippen LogP contribution in [0.4, 0.5) is 16.2 Å². The van der Waals surface area contributed by atoms with Crippen molar-refractivity contribution in [1.29, 1.82) is 0 Å². The number of carboxylic acid groups (broad SMARTS) is 1. The van der Waals surface area contributed by atoms with Gasteiger partial charge in [0.05, 0.1) is 30.3 Å². The van der Waals surface area contributed by atoms with E-state index in [2.05, 4.69) is 56.5 Å². The van der Waals surface area contributed by atoms with Crippen molar-refractivity contribution < 1.29 is 58.8 Å². The van der Waals surface area contributed by atoms with Crippen LogP contribution in [0.2, 0.25) is 0 Å². The van der Waals surface area contributed by atoms with Gasteiger partial charge < -0.3 is 61.1 Å². The SMILES string of the molecule is Cc1ccccc1NC(=O)Nc1ccc(CC(=O)N[C@@H](CCCCN(Cc2ccccn2)Cc2ccccn2)C(=O)N[C@@H](CC(=O)O)c2ccccc2)cc1.[C-]=O.[C-]=O.[C-]=O.[Tc+4]. The fourth-order valence-corrected chi connectivity index (χ4v) is 6.13. The van der Waals surface area contributed by atoms with Crippen molar-refractivity contribution in [3.8, 4) is 0 Å². The zero-order valence-electron chi connectivity index (χ0n) is 34.0. The summed E-state index contributed by atoms with van der Waals surface area (Å²) in [5.41, 5.74) is 5.41. The van der Waals surface area contributed by atoms with Gasteiger partial charge in [0.15, 0.2) is 0 Å². The summed E-state index contributed by atoms with van der Waals surface area (Å²) in [6.45, 7) is 17.4. The zero-order chi connectivity index (χ0) is 44.8. The number of anilines is 2. The van der Waals surface area contributed by atoms with Gasteiger partial charge in [0.2, 0.25) is 11.8 Å². The molecule has 62 heavy (non-hydrogen) atoms. The minimum Gasteiger partial charge on any atom is -0.573 e. The Morgan fingerprint density at radius 3 is 1.79 bits per heavy atom. The molecule has 15 nitrogen and oxygen atoms in total. The summed E-state index contributed by atoms with van der Waals surface area (Å²) in [7, 11) is 0. The van der Waals surface area contributed by atoms with E-state index in [1.165, 1.54) is 0 Å². The Hall–Kier alpha value is -6.74. The first-order valence-corrected chi connectivity index (χ1v) is 18.9. The molecule has 5 aromatic rings. The number of nitrogens with zero attached hydrogens (tertiary/aromatic N) is 3. The van der Waals surface area contributed by atoms with Crippen LogP contribution in [0.15, 0.2) is 128 Å². The number of aryl methyl sites for hydroxylation is 1. The number of carboxylic acids is 1. The van der Waals surface area contributed by atoms with E-state index < -0.39 is 24.0 Å². The number of unbranched alkanes of at least 4 members (excludes halogenated alkanes) is 1. The summed E-state index contributed by atoms with van der Waals surface area (Å²) in [4.78, 5) is 85.3. The number of benzene rings is 3. The molecular formula is C46H47N7O8Tc+. The van der Waals surface area contributed by atoms with Crippen LogP contribution < -0.4 is 21.3 Å². The van der Waals surface area contributed by atoms with Gasteiger partial charge in [-0.2, -0.15) is 0 Å². The summed E-state index contributed by atoms with van der Waals surface area (Å²) >= 11 is 0. The van der Waals surface area contributed by atoms with Gasteiger partial charge in [0.1, 0.15) is 6.04 Å². The molecule has 0 saturated heterocycles. The molecule has 0 bridgehead atoms. The van der Waals surface area contributed by atoms with Gasteiger partial charge in [-0.05, 0) is 91.9 Å². The van der Waals surface area contributed by atoms with E-state index in [1.54, 1.807) is 60.9 Å². The Labute approximate surface area is 375 Å². The first-order valence-electron chi connectivity index (χ1n) is 18.9. The Morgan fingerprint density at radius 1 is 0.677 bits per heavy atom. The zero-order valence-corrected chi connectivity index (χ0v) is 35.8. The third kappa shape index (κ3) is 20.0. The number of carbonyl (C=O) groups excluding carboxylic acids is 6. The number of pyridine rings is 2. The first kappa shape index (κ1) is 53.3. The molecule has 4 radical (unpaired) electrons. The number of aliphatic carboxylic acids is 1. The third-order valence-electron chi connectivity index (χ3n) is 8.96. The predicted molar refractivity (Wildman–Crippen MR) is 229 cm³/mol. The van der Waals surface area contributed by atoms with Crippen molar-refractivity contribution >= 4 is 55.6 Å². The monoisotopic (exact) mass is 922 g/mol. The van der Waals surface area contributed by atoms with Crippen LogP contribution in [0, 0.1) is 6.92 Å². The molecule has 0 aliphatic rings. The molecule has 0 spiro atoms. The topological polar surface area (TPSA) is 217 Å². The molecular weight excluding hydrogens is 877 g/mol. The summed E-state index contributed by atoms with van der Waals surface area (Å²) in [6.07, 6.45) is 4.90. The van der Waals surface area contributed by atoms with Crippen LogP contribution in [0.5, 0.6) is 0 Å². The van der Waals surface area contributed by atoms with Gasteiger partial charge in [0, 0.05) is 36.9 Å². The van der Waals surface area contributed by atoms with E-state index >= 15 is 0 Å². The maximum absolute atomic E-state index is 13.8. The fourth-order valence-electron chi connectivity index (χ4n) is 6.13. The van der Waals surface area contributed by atoms with Crippen LogP contribution in [0.25, 0.3) is 0 Å². The number of rotatable bonds is 19. The first-order chi connectivity index (χ1) is 29.7. The molecule has 16 heteroatoms. The minimum atomic E-state index is -1.05. The summed E-state index contributed by atoms with van der Waals surface area (Å²) in [5, 5.41) is 21.1. The summed E-state index contributed by atoms with van der Waals surface area (Å²) in [6, 6.07) is 32.9. The quantitative estimate of drug-likeness (QED) is 0.0517. The van der Waals surface area contributed by atoms with Crippen molar-refractivity contribution in [3.05, 3.63) is 156 Å². The number of hydrogen-bond acceptors (Lipinski definition) is 10. The van der Waals surface area contributed by atoms with Crippen molar-refractivity contribution in [2.75, 3.05) is 17.2 Å². The van der Waals surface area contributed by atoms with Crippen LogP contribution in [-0.4, -0.2) is 76.7 Å². The molecule has 0 unspecified atom stereocenters. The largest absolute Gasteiger partial charge is 4.00 e. The molecule has 2 aromatic heterocycles. The number of carbonyl (C=O) groups is 4. The van der Waals surface area contributed by atoms with Gasteiger partial charge in [-0.15, -0.1) is 0 Å². The maximum Gasteiger partial charge on any atom is 4.00 e. The average molecular weight is 924 g/mol. The fraction of sp³-hybridized carbons (Fsp3) is 0.239. The molecule has 0 aliphatic carbocycles. The van der Waals surface area contributed by atoms with Gasteiger partial charge in [-0.3, -0.25) is 29.3 Å². The second-order valence-corrected chi connectivity index (χ2v) is 13.3. The number of para-hydroxylation sites is 1. The second kappa shape index (κ2) is 31.2. The van der Waals surface area contributed by atoms with Crippen LogP contribution in [-0.2, 0) is 68.4 Å². The van der Waals surface area contributed by atoms with E-state index in [1.807, 2.05) is 73.7 Å². The molecule has 5 N–H and O–H groups in total. The van der Waals surface area contributed by atoms with Crippen molar-refractivity contribution in [1.82, 2.24) is 25.5 Å². The second-order valence-electron chi connectivity index (χ2n) is 13.3.